The molecule has 2 aliphatic rings. The largest absolute Gasteiger partial charge is 0.308 e. The fourth-order valence-electron chi connectivity index (χ4n) is 4.60. The van der Waals surface area contributed by atoms with E-state index in [4.69, 9.17) is 10.8 Å². The van der Waals surface area contributed by atoms with Gasteiger partial charge in [0.1, 0.15) is 0 Å². The number of allylic oxidation sites excluding steroid dienone is 7. The lowest BCUT2D eigenvalue weighted by molar-refractivity contribution is 0.791. The molecule has 4 rings (SSSR count). The molecule has 0 saturated carbocycles. The average Bonchev–Trinajstić information content (AvgIpc) is 3.13. The Hall–Kier alpha value is -3.26. The second kappa shape index (κ2) is 5.92. The molecule has 2 aromatic carbocycles. The Labute approximate surface area is 153 Å². The van der Waals surface area contributed by atoms with Gasteiger partial charge < -0.3 is 10.8 Å². The molecule has 2 N–H and O–H groups in total. The van der Waals surface area contributed by atoms with E-state index >= 15 is 0 Å². The van der Waals surface area contributed by atoms with Gasteiger partial charge in [-0.1, -0.05) is 73.3 Å². The summed E-state index contributed by atoms with van der Waals surface area (Å²) in [5.41, 5.74) is 7.80. The van der Waals surface area contributed by atoms with Crippen LogP contribution in [0.4, 0.5) is 0 Å². The van der Waals surface area contributed by atoms with Crippen molar-refractivity contribution in [2.45, 2.75) is 12.3 Å². The average molecular weight is 336 g/mol. The van der Waals surface area contributed by atoms with E-state index in [2.05, 4.69) is 36.9 Å². The van der Waals surface area contributed by atoms with Crippen molar-refractivity contribution < 1.29 is 0 Å². The van der Waals surface area contributed by atoms with Crippen molar-refractivity contribution in [1.82, 2.24) is 0 Å². The Morgan fingerprint density at radius 3 is 1.88 bits per heavy atom. The normalized spacial score (nSPS) is 20.7. The van der Waals surface area contributed by atoms with E-state index in [9.17, 15) is 0 Å². The Balaban J connectivity index is 2.26. The zero-order chi connectivity index (χ0) is 18.3. The second-order valence-electron chi connectivity index (χ2n) is 6.49. The lowest BCUT2D eigenvalue weighted by atomic mass is 9.69. The van der Waals surface area contributed by atoms with Crippen LogP contribution in [0, 0.1) is 10.8 Å². The number of hydrogen-bond acceptors (Lipinski definition) is 2. The van der Waals surface area contributed by atoms with Crippen molar-refractivity contribution in [2.75, 3.05) is 0 Å². The van der Waals surface area contributed by atoms with Crippen molar-refractivity contribution in [2.24, 2.45) is 0 Å². The highest BCUT2D eigenvalue weighted by Crippen LogP contribution is 2.60. The Bertz CT molecular complexity index is 1040. The van der Waals surface area contributed by atoms with E-state index in [0.717, 1.165) is 44.5 Å². The topological polar surface area (TPSA) is 47.7 Å². The summed E-state index contributed by atoms with van der Waals surface area (Å²) in [4.78, 5) is 0. The summed E-state index contributed by atoms with van der Waals surface area (Å²) in [5.74, 6) is 0. The van der Waals surface area contributed by atoms with E-state index in [0.29, 0.717) is 0 Å². The maximum absolute atomic E-state index is 8.25. The molecule has 0 aliphatic heterocycles. The van der Waals surface area contributed by atoms with Crippen LogP contribution in [-0.4, -0.2) is 12.4 Å². The first kappa shape index (κ1) is 16.2. The van der Waals surface area contributed by atoms with Crippen LogP contribution in [-0.2, 0) is 5.41 Å². The van der Waals surface area contributed by atoms with Gasteiger partial charge in [0.15, 0.2) is 0 Å². The zero-order valence-electron chi connectivity index (χ0n) is 14.7. The molecular formula is C24H20N2. The first-order valence-corrected chi connectivity index (χ1v) is 8.71. The van der Waals surface area contributed by atoms with Crippen LogP contribution in [0.15, 0.2) is 84.5 Å². The lowest BCUT2D eigenvalue weighted by Crippen LogP contribution is -2.29. The molecule has 0 heterocycles. The molecule has 2 aliphatic carbocycles. The molecule has 2 nitrogen and oxygen atoms in total. The van der Waals surface area contributed by atoms with Gasteiger partial charge in [0.2, 0.25) is 0 Å². The molecule has 0 fully saturated rings. The summed E-state index contributed by atoms with van der Waals surface area (Å²) < 4.78 is 0. The third-order valence-corrected chi connectivity index (χ3v) is 5.46. The number of benzene rings is 2. The van der Waals surface area contributed by atoms with Gasteiger partial charge in [-0.25, -0.2) is 0 Å². The SMILES string of the molecule is C=CC1=C(C=N)C2(C(/C=C\C)=C(C=N)c3ccccc32)c2ccccc21. The van der Waals surface area contributed by atoms with E-state index < -0.39 is 5.41 Å². The minimum Gasteiger partial charge on any atom is -0.308 e. The molecule has 1 spiro atoms. The van der Waals surface area contributed by atoms with Crippen molar-refractivity contribution in [3.05, 3.63) is 107 Å². The fraction of sp³-hybridized carbons (Fsp3) is 0.0833. The quantitative estimate of drug-likeness (QED) is 0.686. The molecule has 0 radical (unpaired) electrons. The van der Waals surface area contributed by atoms with Crippen LogP contribution in [0.3, 0.4) is 0 Å². The van der Waals surface area contributed by atoms with Crippen molar-refractivity contribution in [3.63, 3.8) is 0 Å². The molecule has 1 unspecified atom stereocenters. The molecule has 0 amide bonds. The van der Waals surface area contributed by atoms with E-state index in [-0.39, 0.29) is 0 Å². The van der Waals surface area contributed by atoms with Gasteiger partial charge in [0.05, 0.1) is 5.41 Å². The van der Waals surface area contributed by atoms with Gasteiger partial charge in [-0.2, -0.15) is 0 Å². The van der Waals surface area contributed by atoms with E-state index in [1.165, 1.54) is 12.4 Å². The van der Waals surface area contributed by atoms with Crippen LogP contribution in [0.5, 0.6) is 0 Å². The third-order valence-electron chi connectivity index (χ3n) is 5.46. The summed E-state index contributed by atoms with van der Waals surface area (Å²) >= 11 is 0. The first-order chi connectivity index (χ1) is 12.7. The number of hydrogen-bond donors (Lipinski definition) is 2. The molecule has 26 heavy (non-hydrogen) atoms. The molecule has 0 saturated heterocycles. The maximum Gasteiger partial charge on any atom is 0.0740 e. The van der Waals surface area contributed by atoms with Crippen LogP contribution in [0.25, 0.3) is 11.1 Å². The lowest BCUT2D eigenvalue weighted by Gasteiger charge is -2.32. The summed E-state index contributed by atoms with van der Waals surface area (Å²) in [5, 5.41) is 16.3. The monoisotopic (exact) mass is 336 g/mol. The van der Waals surface area contributed by atoms with Crippen molar-refractivity contribution >= 4 is 23.6 Å². The molecule has 126 valence electrons. The van der Waals surface area contributed by atoms with Gasteiger partial charge in [0, 0.05) is 18.0 Å². The molecule has 0 aromatic heterocycles. The molecule has 2 heteroatoms. The van der Waals surface area contributed by atoms with Gasteiger partial charge in [-0.05, 0) is 45.9 Å². The minimum atomic E-state index is -0.558. The standard InChI is InChI=1S/C24H20N2/c1-3-9-20-19(14-25)18-11-6-8-13-22(18)24(20)21-12-7-5-10-17(21)16(4-2)23(24)15-26/h3-15,25-26H,2H2,1H3/b9-3-,25-14?,26-15?. The third kappa shape index (κ3) is 1.76. The first-order valence-electron chi connectivity index (χ1n) is 8.71. The fourth-order valence-corrected chi connectivity index (χ4v) is 4.60. The van der Waals surface area contributed by atoms with Gasteiger partial charge in [-0.3, -0.25) is 0 Å². The summed E-state index contributed by atoms with van der Waals surface area (Å²) in [7, 11) is 0. The van der Waals surface area contributed by atoms with Crippen LogP contribution in [0.2, 0.25) is 0 Å². The molecule has 2 aromatic rings. The molecular weight excluding hydrogens is 316 g/mol. The highest BCUT2D eigenvalue weighted by molar-refractivity contribution is 6.17. The minimum absolute atomic E-state index is 0.558. The van der Waals surface area contributed by atoms with Crippen LogP contribution < -0.4 is 0 Å². The summed E-state index contributed by atoms with van der Waals surface area (Å²) in [6, 6.07) is 16.6. The highest BCUT2D eigenvalue weighted by Gasteiger charge is 2.52. The number of nitrogens with one attached hydrogen (secondary N) is 2. The van der Waals surface area contributed by atoms with Gasteiger partial charge >= 0.3 is 0 Å². The Kier molecular flexibility index (Phi) is 3.69. The number of rotatable bonds is 4. The van der Waals surface area contributed by atoms with Crippen molar-refractivity contribution in [3.8, 4) is 0 Å². The zero-order valence-corrected chi connectivity index (χ0v) is 14.7. The van der Waals surface area contributed by atoms with Crippen LogP contribution in [0.1, 0.15) is 29.2 Å². The van der Waals surface area contributed by atoms with Crippen molar-refractivity contribution in [1.29, 1.82) is 10.8 Å². The maximum atomic E-state index is 8.25. The van der Waals surface area contributed by atoms with E-state index in [1.54, 1.807) is 0 Å². The second-order valence-corrected chi connectivity index (χ2v) is 6.49. The smallest absolute Gasteiger partial charge is 0.0740 e. The number of fused-ring (bicyclic) bond motifs is 4. The Morgan fingerprint density at radius 1 is 0.808 bits per heavy atom. The van der Waals surface area contributed by atoms with Gasteiger partial charge in [0.25, 0.3) is 0 Å². The predicted octanol–water partition coefficient (Wildman–Crippen LogP) is 5.57. The predicted molar refractivity (Wildman–Crippen MR) is 110 cm³/mol. The summed E-state index contributed by atoms with van der Waals surface area (Å²) in [6.45, 7) is 6.01. The highest BCUT2D eigenvalue weighted by atomic mass is 14.6. The molecule has 0 bridgehead atoms. The van der Waals surface area contributed by atoms with Gasteiger partial charge in [-0.15, -0.1) is 0 Å². The molecule has 1 atom stereocenters. The van der Waals surface area contributed by atoms with E-state index in [1.807, 2.05) is 43.3 Å². The van der Waals surface area contributed by atoms with Crippen LogP contribution >= 0.6 is 0 Å². The summed E-state index contributed by atoms with van der Waals surface area (Å²) in [6.07, 6.45) is 8.87. The Morgan fingerprint density at radius 2 is 1.38 bits per heavy atom.